The summed E-state index contributed by atoms with van der Waals surface area (Å²) < 4.78 is 16.8. The van der Waals surface area contributed by atoms with Crippen molar-refractivity contribution in [3.05, 3.63) is 77.2 Å². The van der Waals surface area contributed by atoms with E-state index in [1.165, 1.54) is 0 Å². The summed E-state index contributed by atoms with van der Waals surface area (Å²) in [6, 6.07) is 19.9. The molecule has 5 nitrogen and oxygen atoms in total. The molecule has 2 heterocycles. The first-order valence-electron chi connectivity index (χ1n) is 8.25. The molecule has 5 heteroatoms. The highest BCUT2D eigenvalue weighted by atomic mass is 16.7. The molecule has 0 bridgehead atoms. The van der Waals surface area contributed by atoms with Crippen molar-refractivity contribution in [1.29, 1.82) is 5.26 Å². The van der Waals surface area contributed by atoms with Crippen molar-refractivity contribution in [3.8, 4) is 23.3 Å². The molecule has 0 aliphatic carbocycles. The third-order valence-corrected chi connectivity index (χ3v) is 4.84. The normalized spacial score (nSPS) is 17.6. The number of hydrogen-bond donors (Lipinski definition) is 1. The SMILES string of the molecule is N#CC1=C(N)Oc2c(ccc3ccccc23)[C@@H]1c1ccc2c(c1)OCO2. The third-order valence-electron chi connectivity index (χ3n) is 4.84. The Balaban J connectivity index is 1.76. The molecule has 26 heavy (non-hydrogen) atoms. The fraction of sp³-hybridized carbons (Fsp3) is 0.0952. The van der Waals surface area contributed by atoms with E-state index in [9.17, 15) is 5.26 Å². The first-order valence-corrected chi connectivity index (χ1v) is 8.25. The van der Waals surface area contributed by atoms with Crippen molar-refractivity contribution >= 4 is 10.8 Å². The maximum absolute atomic E-state index is 9.70. The average Bonchev–Trinajstić information content (AvgIpc) is 3.14. The quantitative estimate of drug-likeness (QED) is 0.728. The maximum atomic E-state index is 9.70. The Hall–Kier alpha value is -3.65. The first kappa shape index (κ1) is 14.7. The molecule has 2 aliphatic rings. The van der Waals surface area contributed by atoms with Gasteiger partial charge in [0.25, 0.3) is 0 Å². The zero-order valence-electron chi connectivity index (χ0n) is 13.7. The summed E-state index contributed by atoms with van der Waals surface area (Å²) in [5, 5.41) is 11.7. The molecule has 0 saturated carbocycles. The molecule has 3 aromatic carbocycles. The van der Waals surface area contributed by atoms with Crippen LogP contribution < -0.4 is 19.9 Å². The average molecular weight is 342 g/mol. The monoisotopic (exact) mass is 342 g/mol. The van der Waals surface area contributed by atoms with E-state index in [1.807, 2.05) is 54.6 Å². The zero-order valence-corrected chi connectivity index (χ0v) is 13.7. The Kier molecular flexibility index (Phi) is 3.06. The summed E-state index contributed by atoms with van der Waals surface area (Å²) in [7, 11) is 0. The summed E-state index contributed by atoms with van der Waals surface area (Å²) in [6.45, 7) is 0.205. The van der Waals surface area contributed by atoms with E-state index >= 15 is 0 Å². The smallest absolute Gasteiger partial charge is 0.231 e. The number of allylic oxidation sites excluding steroid dienone is 1. The van der Waals surface area contributed by atoms with E-state index in [0.29, 0.717) is 22.8 Å². The number of nitrogens with zero attached hydrogens (tertiary/aromatic N) is 1. The first-order chi connectivity index (χ1) is 12.8. The van der Waals surface area contributed by atoms with Crippen LogP contribution in [0.1, 0.15) is 17.0 Å². The minimum absolute atomic E-state index is 0.138. The molecule has 0 amide bonds. The Labute approximate surface area is 149 Å². The molecule has 2 aliphatic heterocycles. The van der Waals surface area contributed by atoms with Gasteiger partial charge in [-0.2, -0.15) is 5.26 Å². The number of nitrogens with two attached hydrogens (primary N) is 1. The molecule has 0 radical (unpaired) electrons. The Bertz CT molecular complexity index is 1130. The van der Waals surface area contributed by atoms with E-state index in [4.69, 9.17) is 19.9 Å². The number of fused-ring (bicyclic) bond motifs is 4. The van der Waals surface area contributed by atoms with Gasteiger partial charge >= 0.3 is 0 Å². The second-order valence-electron chi connectivity index (χ2n) is 6.24. The lowest BCUT2D eigenvalue weighted by Gasteiger charge is -2.27. The lowest BCUT2D eigenvalue weighted by Crippen LogP contribution is -2.21. The van der Waals surface area contributed by atoms with Gasteiger partial charge in [0.2, 0.25) is 12.7 Å². The fourth-order valence-electron chi connectivity index (χ4n) is 3.62. The van der Waals surface area contributed by atoms with E-state index in [2.05, 4.69) is 6.07 Å². The van der Waals surface area contributed by atoms with Crippen LogP contribution >= 0.6 is 0 Å². The van der Waals surface area contributed by atoms with Crippen LogP contribution in [0.25, 0.3) is 10.8 Å². The molecular weight excluding hydrogens is 328 g/mol. The van der Waals surface area contributed by atoms with Crippen LogP contribution in [0.15, 0.2) is 66.1 Å². The van der Waals surface area contributed by atoms with Crippen LogP contribution in [-0.2, 0) is 0 Å². The van der Waals surface area contributed by atoms with Gasteiger partial charge < -0.3 is 19.9 Å². The molecule has 0 unspecified atom stereocenters. The Morgan fingerprint density at radius 3 is 2.73 bits per heavy atom. The van der Waals surface area contributed by atoms with Gasteiger partial charge in [-0.15, -0.1) is 0 Å². The molecule has 0 fully saturated rings. The second kappa shape index (κ2) is 5.43. The second-order valence-corrected chi connectivity index (χ2v) is 6.24. The van der Waals surface area contributed by atoms with Crippen LogP contribution in [0.3, 0.4) is 0 Å². The predicted octanol–water partition coefficient (Wildman–Crippen LogP) is 3.79. The number of benzene rings is 3. The minimum Gasteiger partial charge on any atom is -0.454 e. The van der Waals surface area contributed by atoms with Crippen molar-refractivity contribution in [2.45, 2.75) is 5.92 Å². The molecule has 126 valence electrons. The van der Waals surface area contributed by atoms with Gasteiger partial charge in [-0.05, 0) is 23.1 Å². The minimum atomic E-state index is -0.317. The highest BCUT2D eigenvalue weighted by molar-refractivity contribution is 5.91. The number of ether oxygens (including phenoxy) is 3. The highest BCUT2D eigenvalue weighted by Crippen LogP contribution is 2.47. The topological polar surface area (TPSA) is 77.5 Å². The van der Waals surface area contributed by atoms with Gasteiger partial charge in [0.15, 0.2) is 11.5 Å². The largest absolute Gasteiger partial charge is 0.454 e. The Morgan fingerprint density at radius 2 is 1.85 bits per heavy atom. The van der Waals surface area contributed by atoms with E-state index in [-0.39, 0.29) is 18.6 Å². The van der Waals surface area contributed by atoms with Crippen LogP contribution in [-0.4, -0.2) is 6.79 Å². The summed E-state index contributed by atoms with van der Waals surface area (Å²) in [5.41, 5.74) is 8.33. The third kappa shape index (κ3) is 2.02. The standard InChI is InChI=1S/C21H14N2O3/c22-10-16-19(13-6-8-17-18(9-13)25-11-24-17)15-7-5-12-3-1-2-4-14(12)20(15)26-21(16)23/h1-9,19H,11,23H2/t19-/m0/s1. The van der Waals surface area contributed by atoms with Crippen molar-refractivity contribution < 1.29 is 14.2 Å². The molecule has 0 saturated heterocycles. The summed E-state index contributed by atoms with van der Waals surface area (Å²) in [5.74, 6) is 1.89. The van der Waals surface area contributed by atoms with Crippen molar-refractivity contribution in [1.82, 2.24) is 0 Å². The van der Waals surface area contributed by atoms with Crippen LogP contribution in [0, 0.1) is 11.3 Å². The van der Waals surface area contributed by atoms with Crippen molar-refractivity contribution in [3.63, 3.8) is 0 Å². The van der Waals surface area contributed by atoms with Gasteiger partial charge in [0.1, 0.15) is 17.4 Å². The van der Waals surface area contributed by atoms with Gasteiger partial charge in [-0.25, -0.2) is 0 Å². The van der Waals surface area contributed by atoms with Gasteiger partial charge in [-0.1, -0.05) is 42.5 Å². The summed E-state index contributed by atoms with van der Waals surface area (Å²) in [4.78, 5) is 0. The molecule has 0 aromatic heterocycles. The summed E-state index contributed by atoms with van der Waals surface area (Å²) in [6.07, 6.45) is 0. The number of rotatable bonds is 1. The van der Waals surface area contributed by atoms with Gasteiger partial charge in [0.05, 0.1) is 5.92 Å². The van der Waals surface area contributed by atoms with Crippen LogP contribution in [0.5, 0.6) is 17.2 Å². The molecular formula is C21H14N2O3. The molecule has 0 spiro atoms. The van der Waals surface area contributed by atoms with Crippen molar-refractivity contribution in [2.75, 3.05) is 6.79 Å². The van der Waals surface area contributed by atoms with E-state index in [1.54, 1.807) is 0 Å². The number of hydrogen-bond acceptors (Lipinski definition) is 5. The lowest BCUT2D eigenvalue weighted by molar-refractivity contribution is 0.174. The van der Waals surface area contributed by atoms with E-state index < -0.39 is 0 Å². The van der Waals surface area contributed by atoms with Gasteiger partial charge in [-0.3, -0.25) is 0 Å². The Morgan fingerprint density at radius 1 is 1.00 bits per heavy atom. The summed E-state index contributed by atoms with van der Waals surface area (Å²) >= 11 is 0. The van der Waals surface area contributed by atoms with E-state index in [0.717, 1.165) is 21.9 Å². The zero-order chi connectivity index (χ0) is 17.7. The fourth-order valence-corrected chi connectivity index (χ4v) is 3.62. The molecule has 3 aromatic rings. The predicted molar refractivity (Wildman–Crippen MR) is 95.8 cm³/mol. The lowest BCUT2D eigenvalue weighted by atomic mass is 9.82. The maximum Gasteiger partial charge on any atom is 0.231 e. The molecule has 2 N–H and O–H groups in total. The van der Waals surface area contributed by atoms with Crippen LogP contribution in [0.2, 0.25) is 0 Å². The number of nitriles is 1. The molecule has 5 rings (SSSR count). The van der Waals surface area contributed by atoms with Crippen LogP contribution in [0.4, 0.5) is 0 Å². The molecule has 1 atom stereocenters. The van der Waals surface area contributed by atoms with Crippen molar-refractivity contribution in [2.24, 2.45) is 5.73 Å². The van der Waals surface area contributed by atoms with Gasteiger partial charge in [0, 0.05) is 10.9 Å². The highest BCUT2D eigenvalue weighted by Gasteiger charge is 2.32.